The Balaban J connectivity index is 1.52. The largest absolute Gasteiger partial charge is 0.375 e. The predicted molar refractivity (Wildman–Crippen MR) is 91.8 cm³/mol. The van der Waals surface area contributed by atoms with Gasteiger partial charge in [0.05, 0.1) is 5.60 Å². The zero-order chi connectivity index (χ0) is 14.5. The summed E-state index contributed by atoms with van der Waals surface area (Å²) in [6.07, 6.45) is 14.8. The standard InChI is InChI=1S/C18H33NOS/c19-17(13-15-5-3-1-2-4-6-15)16-7-10-20-18(14-16)8-11-21-12-9-18/h15-17H,1-14,19H2. The van der Waals surface area contributed by atoms with Crippen LogP contribution in [0.1, 0.15) is 70.6 Å². The molecule has 3 heteroatoms. The van der Waals surface area contributed by atoms with E-state index in [-0.39, 0.29) is 5.60 Å². The lowest BCUT2D eigenvalue weighted by Crippen LogP contribution is -2.47. The lowest BCUT2D eigenvalue weighted by atomic mass is 9.76. The third-order valence-electron chi connectivity index (χ3n) is 6.12. The van der Waals surface area contributed by atoms with Gasteiger partial charge in [-0.25, -0.2) is 0 Å². The first-order valence-corrected chi connectivity index (χ1v) is 10.4. The first kappa shape index (κ1) is 16.1. The second kappa shape index (κ2) is 7.70. The molecule has 2 saturated heterocycles. The van der Waals surface area contributed by atoms with Crippen LogP contribution in [0.5, 0.6) is 0 Å². The van der Waals surface area contributed by atoms with Crippen molar-refractivity contribution in [3.63, 3.8) is 0 Å². The monoisotopic (exact) mass is 311 g/mol. The molecular weight excluding hydrogens is 278 g/mol. The minimum atomic E-state index is 0.204. The van der Waals surface area contributed by atoms with Crippen LogP contribution in [0.2, 0.25) is 0 Å². The molecule has 0 radical (unpaired) electrons. The molecule has 2 N–H and O–H groups in total. The summed E-state index contributed by atoms with van der Waals surface area (Å²) in [5, 5.41) is 0. The molecule has 2 unspecified atom stereocenters. The first-order valence-electron chi connectivity index (χ1n) is 9.25. The number of hydrogen-bond donors (Lipinski definition) is 1. The Morgan fingerprint density at radius 3 is 2.48 bits per heavy atom. The highest BCUT2D eigenvalue weighted by Crippen LogP contribution is 2.41. The van der Waals surface area contributed by atoms with Crippen LogP contribution in [0.15, 0.2) is 0 Å². The van der Waals surface area contributed by atoms with Gasteiger partial charge in [-0.2, -0.15) is 11.8 Å². The average Bonchev–Trinajstić information content (AvgIpc) is 2.77. The number of rotatable bonds is 3. The Kier molecular flexibility index (Phi) is 5.92. The summed E-state index contributed by atoms with van der Waals surface area (Å²) >= 11 is 2.09. The SMILES string of the molecule is NC(CC1CCCCCC1)C1CCOC2(CCSCC2)C1. The van der Waals surface area contributed by atoms with E-state index in [4.69, 9.17) is 10.5 Å². The number of hydrogen-bond acceptors (Lipinski definition) is 3. The van der Waals surface area contributed by atoms with Crippen molar-refractivity contribution in [2.45, 2.75) is 82.3 Å². The van der Waals surface area contributed by atoms with E-state index in [2.05, 4.69) is 11.8 Å². The fourth-order valence-electron chi connectivity index (χ4n) is 4.70. The maximum absolute atomic E-state index is 6.66. The molecule has 21 heavy (non-hydrogen) atoms. The highest BCUT2D eigenvalue weighted by atomic mass is 32.2. The van der Waals surface area contributed by atoms with Crippen molar-refractivity contribution in [2.24, 2.45) is 17.6 Å². The van der Waals surface area contributed by atoms with Gasteiger partial charge in [0.2, 0.25) is 0 Å². The van der Waals surface area contributed by atoms with E-state index in [0.29, 0.717) is 12.0 Å². The molecule has 2 aliphatic heterocycles. The molecule has 1 saturated carbocycles. The third-order valence-corrected chi connectivity index (χ3v) is 7.11. The van der Waals surface area contributed by atoms with Crippen LogP contribution in [0, 0.1) is 11.8 Å². The van der Waals surface area contributed by atoms with Crippen LogP contribution in [-0.4, -0.2) is 29.8 Å². The fraction of sp³-hybridized carbons (Fsp3) is 1.00. The van der Waals surface area contributed by atoms with Gasteiger partial charge in [0.25, 0.3) is 0 Å². The zero-order valence-electron chi connectivity index (χ0n) is 13.5. The molecule has 1 spiro atoms. The molecule has 0 aromatic carbocycles. The highest BCUT2D eigenvalue weighted by Gasteiger charge is 2.40. The first-order chi connectivity index (χ1) is 10.3. The van der Waals surface area contributed by atoms with Gasteiger partial charge < -0.3 is 10.5 Å². The summed E-state index contributed by atoms with van der Waals surface area (Å²) in [6.45, 7) is 0.952. The van der Waals surface area contributed by atoms with E-state index >= 15 is 0 Å². The van der Waals surface area contributed by atoms with Crippen molar-refractivity contribution in [1.29, 1.82) is 0 Å². The summed E-state index contributed by atoms with van der Waals surface area (Å²) < 4.78 is 6.23. The van der Waals surface area contributed by atoms with E-state index in [1.165, 1.54) is 82.1 Å². The molecule has 0 aromatic rings. The summed E-state index contributed by atoms with van der Waals surface area (Å²) in [7, 11) is 0. The van der Waals surface area contributed by atoms with Crippen molar-refractivity contribution in [3.8, 4) is 0 Å². The number of thioether (sulfide) groups is 1. The summed E-state index contributed by atoms with van der Waals surface area (Å²) in [5.41, 5.74) is 6.86. The minimum absolute atomic E-state index is 0.204. The van der Waals surface area contributed by atoms with Gasteiger partial charge in [0.15, 0.2) is 0 Å². The van der Waals surface area contributed by atoms with E-state index in [1.807, 2.05) is 0 Å². The second-order valence-corrected chi connectivity index (χ2v) is 8.88. The molecule has 122 valence electrons. The average molecular weight is 312 g/mol. The van der Waals surface area contributed by atoms with Crippen LogP contribution in [0.4, 0.5) is 0 Å². The minimum Gasteiger partial charge on any atom is -0.375 e. The lowest BCUT2D eigenvalue weighted by Gasteiger charge is -2.45. The Labute approximate surface area is 135 Å². The molecule has 0 bridgehead atoms. The van der Waals surface area contributed by atoms with E-state index in [0.717, 1.165) is 12.5 Å². The van der Waals surface area contributed by atoms with Gasteiger partial charge >= 0.3 is 0 Å². The zero-order valence-corrected chi connectivity index (χ0v) is 14.3. The molecule has 0 amide bonds. The molecule has 2 heterocycles. The summed E-state index contributed by atoms with van der Waals surface area (Å²) in [5.74, 6) is 4.18. The molecule has 1 aliphatic carbocycles. The predicted octanol–water partition coefficient (Wildman–Crippen LogP) is 4.37. The topological polar surface area (TPSA) is 35.2 Å². The van der Waals surface area contributed by atoms with Crippen molar-refractivity contribution in [2.75, 3.05) is 18.1 Å². The molecule has 3 fully saturated rings. The number of nitrogens with two attached hydrogens (primary N) is 1. The molecular formula is C18H33NOS. The van der Waals surface area contributed by atoms with Gasteiger partial charge in [-0.3, -0.25) is 0 Å². The Morgan fingerprint density at radius 1 is 1.05 bits per heavy atom. The normalized spacial score (nSPS) is 32.7. The van der Waals surface area contributed by atoms with Crippen LogP contribution < -0.4 is 5.73 Å². The maximum Gasteiger partial charge on any atom is 0.0701 e. The molecule has 2 atom stereocenters. The van der Waals surface area contributed by atoms with Gasteiger partial charge in [0, 0.05) is 12.6 Å². The van der Waals surface area contributed by atoms with Gasteiger partial charge in [-0.1, -0.05) is 38.5 Å². The number of ether oxygens (including phenoxy) is 1. The van der Waals surface area contributed by atoms with Crippen molar-refractivity contribution in [3.05, 3.63) is 0 Å². The van der Waals surface area contributed by atoms with Crippen LogP contribution in [-0.2, 0) is 4.74 Å². The highest BCUT2D eigenvalue weighted by molar-refractivity contribution is 7.99. The van der Waals surface area contributed by atoms with E-state index < -0.39 is 0 Å². The molecule has 3 aliphatic rings. The molecule has 2 nitrogen and oxygen atoms in total. The van der Waals surface area contributed by atoms with Crippen molar-refractivity contribution < 1.29 is 4.74 Å². The smallest absolute Gasteiger partial charge is 0.0701 e. The van der Waals surface area contributed by atoms with Crippen molar-refractivity contribution >= 4 is 11.8 Å². The third kappa shape index (κ3) is 4.39. The molecule has 3 rings (SSSR count). The Bertz CT molecular complexity index is 303. The Hall–Kier alpha value is 0.270. The van der Waals surface area contributed by atoms with E-state index in [1.54, 1.807) is 0 Å². The molecule has 0 aromatic heterocycles. The maximum atomic E-state index is 6.66. The van der Waals surface area contributed by atoms with Gasteiger partial charge in [0.1, 0.15) is 0 Å². The van der Waals surface area contributed by atoms with Gasteiger partial charge in [-0.05, 0) is 55.4 Å². The summed E-state index contributed by atoms with van der Waals surface area (Å²) in [6, 6.07) is 0.420. The van der Waals surface area contributed by atoms with Crippen LogP contribution >= 0.6 is 11.8 Å². The van der Waals surface area contributed by atoms with Crippen LogP contribution in [0.3, 0.4) is 0 Å². The van der Waals surface area contributed by atoms with E-state index in [9.17, 15) is 0 Å². The summed E-state index contributed by atoms with van der Waals surface area (Å²) in [4.78, 5) is 0. The lowest BCUT2D eigenvalue weighted by molar-refractivity contribution is -0.106. The second-order valence-electron chi connectivity index (χ2n) is 7.65. The van der Waals surface area contributed by atoms with Gasteiger partial charge in [-0.15, -0.1) is 0 Å². The quantitative estimate of drug-likeness (QED) is 0.786. The Morgan fingerprint density at radius 2 is 1.76 bits per heavy atom. The van der Waals surface area contributed by atoms with Crippen LogP contribution in [0.25, 0.3) is 0 Å². The fourth-order valence-corrected chi connectivity index (χ4v) is 5.94. The van der Waals surface area contributed by atoms with Crippen molar-refractivity contribution in [1.82, 2.24) is 0 Å².